The van der Waals surface area contributed by atoms with E-state index in [0.717, 1.165) is 89.9 Å². The normalized spacial score (nSPS) is 38.0. The van der Waals surface area contributed by atoms with Crippen molar-refractivity contribution in [3.05, 3.63) is 23.8 Å². The van der Waals surface area contributed by atoms with Crippen molar-refractivity contribution < 1.29 is 132 Å². The van der Waals surface area contributed by atoms with Crippen molar-refractivity contribution >= 4 is 24.0 Å². The maximum absolute atomic E-state index is 14.3. The van der Waals surface area contributed by atoms with Crippen molar-refractivity contribution in [3.63, 3.8) is 0 Å². The Morgan fingerprint density at radius 2 is 0.941 bits per heavy atom. The van der Waals surface area contributed by atoms with Gasteiger partial charge < -0.3 is 108 Å². The van der Waals surface area contributed by atoms with Crippen LogP contribution in [-0.4, -0.2) is 273 Å². The lowest BCUT2D eigenvalue weighted by Crippen LogP contribution is -2.67. The zero-order valence-corrected chi connectivity index (χ0v) is 58.0. The molecule has 34 nitrogen and oxygen atoms in total. The minimum Gasteiger partial charge on any atom is -0.394 e. The Labute approximate surface area is 586 Å². The summed E-state index contributed by atoms with van der Waals surface area (Å²) in [6.07, 6.45) is -5.16. The lowest BCUT2D eigenvalue weighted by molar-refractivity contribution is -0.341. The molecule has 0 spiro atoms. The van der Waals surface area contributed by atoms with Crippen LogP contribution in [0.15, 0.2) is 12.4 Å². The van der Waals surface area contributed by atoms with Crippen LogP contribution in [-0.2, 0) is 107 Å². The average Bonchev–Trinajstić information content (AvgIpc) is 1.13. The molecule has 0 aromatic carbocycles. The summed E-state index contributed by atoms with van der Waals surface area (Å²) in [4.78, 5) is 60.9. The minimum atomic E-state index is -1.56. The molecule has 10 rings (SSSR count). The molecule has 0 unspecified atom stereocenters. The number of aromatic nitrogens is 6. The highest BCUT2D eigenvalue weighted by molar-refractivity contribution is 5.78. The smallest absolute Gasteiger partial charge is 0.373 e. The quantitative estimate of drug-likeness (QED) is 0.0474. The molecule has 34 heteroatoms. The Morgan fingerprint density at radius 1 is 0.505 bits per heavy atom. The Bertz CT molecular complexity index is 2660. The van der Waals surface area contributed by atoms with Gasteiger partial charge in [-0.1, -0.05) is 101 Å². The summed E-state index contributed by atoms with van der Waals surface area (Å²) < 4.78 is 72.2. The topological polar surface area (TPSA) is 480 Å². The maximum Gasteiger partial charge on any atom is 0.373 e. The van der Waals surface area contributed by atoms with Crippen LogP contribution >= 0.6 is 0 Å². The Kier molecular flexibility index (Phi) is 33.1. The predicted molar refractivity (Wildman–Crippen MR) is 339 cm³/mol. The van der Waals surface area contributed by atoms with Crippen LogP contribution in [0.3, 0.4) is 0 Å². The number of hydrogen-bond donors (Lipinski definition) is 11. The second-order valence-electron chi connectivity index (χ2n) is 28.4. The summed E-state index contributed by atoms with van der Waals surface area (Å²) in [5.74, 6) is -1.07. The van der Waals surface area contributed by atoms with E-state index in [2.05, 4.69) is 25.9 Å². The van der Waals surface area contributed by atoms with Gasteiger partial charge in [0.1, 0.15) is 97.7 Å². The number of Topliss-reactive ketones (excluding diaryl/α,β-unsaturated/α-hetero) is 1. The molecule has 101 heavy (non-hydrogen) atoms. The van der Waals surface area contributed by atoms with Gasteiger partial charge in [-0.3, -0.25) is 9.59 Å². The van der Waals surface area contributed by atoms with Crippen LogP contribution < -0.4 is 5.32 Å². The van der Waals surface area contributed by atoms with Gasteiger partial charge in [-0.05, 0) is 76.0 Å². The van der Waals surface area contributed by atoms with E-state index < -0.39 is 166 Å². The zero-order chi connectivity index (χ0) is 72.9. The Balaban J connectivity index is 0.00000208. The van der Waals surface area contributed by atoms with Crippen LogP contribution in [0.1, 0.15) is 161 Å². The maximum atomic E-state index is 14.3. The van der Waals surface area contributed by atoms with Crippen LogP contribution in [0, 0.1) is 29.6 Å². The largest absolute Gasteiger partial charge is 0.394 e. The number of nitrogens with one attached hydrogen (secondary N) is 1. The molecule has 8 fully saturated rings. The highest BCUT2D eigenvalue weighted by Crippen LogP contribution is 2.40. The second-order valence-corrected chi connectivity index (χ2v) is 28.4. The summed E-state index contributed by atoms with van der Waals surface area (Å²) in [6.45, 7) is 5.88. The van der Waals surface area contributed by atoms with Gasteiger partial charge in [0, 0.05) is 25.6 Å². The van der Waals surface area contributed by atoms with E-state index >= 15 is 0 Å². The minimum absolute atomic E-state index is 0.0452. The van der Waals surface area contributed by atoms with Crippen molar-refractivity contribution in [1.29, 1.82) is 0 Å². The number of aliphatic hydroxyl groups is 10. The molecule has 4 aliphatic heterocycles. The molecule has 6 heterocycles. The standard InChI is InChI=1S/C65H107N7O23.2CO2/c1-34-13-11-19-44(58(34)94-64-56(83)54(81)50(77)36(3)88-64)90-62-43(60(52(79)46(30-73)92-62)86-23-21-38-15-7-5-8-16-38)25-42(75)28-71-26-40(67-69-71)32-85-33-41-27-72(70-68-41)29-48(76)66-49-61(87-24-22-39-17-9-6-10-18-39)53(80)47(31-74)93-63(49)91-45-20-12-14-35(2)59(45)95-65-57(84)55(82)51(78)37(4)89-65;2*2-1-3/h26-27,34-39,43-47,49-65,73-74,77-84H,5-25,28-33H2,1-4H3,(H,66,76);;/t34-,35-,36-,37-,43+,44+,45+,46+,47+,49+,50+,51+,52-,53-,54+,55+,56-,57-,58+,59+,60+,61+,62+,63+,64-,65-;;/m0../s1. The highest BCUT2D eigenvalue weighted by Gasteiger charge is 2.53. The third-order valence-electron chi connectivity index (χ3n) is 21.0. The first-order valence-electron chi connectivity index (χ1n) is 35.9. The van der Waals surface area contributed by atoms with Gasteiger partial charge in [-0.2, -0.15) is 19.2 Å². The first-order valence-corrected chi connectivity index (χ1v) is 35.9. The van der Waals surface area contributed by atoms with Crippen molar-refractivity contribution in [2.75, 3.05) is 26.4 Å². The summed E-state index contributed by atoms with van der Waals surface area (Å²) in [6, 6.07) is -1.11. The molecular weight excluding hydrogens is 1330 g/mol. The molecule has 0 radical (unpaired) electrons. The Morgan fingerprint density at radius 3 is 1.42 bits per heavy atom. The molecule has 4 aliphatic carbocycles. The SMILES string of the molecule is C[C@@H]1O[C@@H](O[C@@H]2[C@@H](C)CCC[C@H]2O[C@@H]2O[C@H](CO)[C@H](O)[C@H](OCCC3CCCCC3)[C@H]2CC(=O)Cn2cc(COCc3cn(CC(=O)N[C@H]4[C@H](O[C@@H]5CCC[C@H](C)[C@H]5O[C@@H]5O[C@@H](C)[C@@H](O)[C@@H](O)[C@@H]5O)O[C@H](CO)[C@H](O)[C@@H]4OCCC4CCCCC4)nn3)nn2)[C@@H](O)[C@H](O)[C@@H]1O.O=C=O.O=C=O. The van der Waals surface area contributed by atoms with Gasteiger partial charge in [0.15, 0.2) is 30.9 Å². The summed E-state index contributed by atoms with van der Waals surface area (Å²) >= 11 is 0. The first-order chi connectivity index (χ1) is 48.6. The van der Waals surface area contributed by atoms with E-state index in [9.17, 15) is 60.7 Å². The molecule has 1 amide bonds. The second kappa shape index (κ2) is 40.7. The van der Waals surface area contributed by atoms with E-state index in [1.54, 1.807) is 20.0 Å². The molecule has 26 atom stereocenters. The number of carbonyl (C=O) groups is 2. The average molecular weight is 1440 g/mol. The van der Waals surface area contributed by atoms with Crippen LogP contribution in [0.2, 0.25) is 0 Å². The summed E-state index contributed by atoms with van der Waals surface area (Å²) in [5, 5.41) is 128. The van der Waals surface area contributed by atoms with E-state index in [4.69, 9.17) is 71.3 Å². The Hall–Kier alpha value is -4.66. The zero-order valence-electron chi connectivity index (χ0n) is 58.0. The van der Waals surface area contributed by atoms with Crippen LogP contribution in [0.25, 0.3) is 0 Å². The number of carbonyl (C=O) groups excluding carboxylic acids is 6. The third-order valence-corrected chi connectivity index (χ3v) is 21.0. The number of ether oxygens (including phenoxy) is 11. The van der Waals surface area contributed by atoms with E-state index in [1.807, 2.05) is 13.8 Å². The fraction of sp³-hybridized carbons (Fsp3) is 0.881. The van der Waals surface area contributed by atoms with E-state index in [-0.39, 0.29) is 69.3 Å². The number of aliphatic hydroxyl groups excluding tert-OH is 10. The number of rotatable bonds is 29. The monoisotopic (exact) mass is 1440 g/mol. The molecule has 11 N–H and O–H groups in total. The molecular formula is C67H107N7O27. The van der Waals surface area contributed by atoms with Crippen LogP contribution in [0.5, 0.6) is 0 Å². The van der Waals surface area contributed by atoms with Crippen LogP contribution in [0.4, 0.5) is 0 Å². The van der Waals surface area contributed by atoms with E-state index in [0.29, 0.717) is 42.7 Å². The van der Waals surface area contributed by atoms with Crippen molar-refractivity contribution in [2.45, 2.75) is 317 Å². The summed E-state index contributed by atoms with van der Waals surface area (Å²) in [5.41, 5.74) is 0.758. The lowest BCUT2D eigenvalue weighted by atomic mass is 9.84. The van der Waals surface area contributed by atoms with E-state index in [1.165, 1.54) is 28.4 Å². The van der Waals surface area contributed by atoms with Gasteiger partial charge in [0.05, 0.1) is 81.5 Å². The van der Waals surface area contributed by atoms with Crippen molar-refractivity contribution in [3.8, 4) is 0 Å². The fourth-order valence-electron chi connectivity index (χ4n) is 15.3. The molecule has 4 saturated carbocycles. The van der Waals surface area contributed by atoms with Gasteiger partial charge in [0.25, 0.3) is 0 Å². The van der Waals surface area contributed by atoms with Crippen molar-refractivity contribution in [1.82, 2.24) is 35.3 Å². The molecule has 572 valence electrons. The molecule has 8 aliphatic rings. The van der Waals surface area contributed by atoms with Gasteiger partial charge in [-0.25, -0.2) is 9.36 Å². The highest BCUT2D eigenvalue weighted by atomic mass is 16.7. The summed E-state index contributed by atoms with van der Waals surface area (Å²) in [7, 11) is 0. The van der Waals surface area contributed by atoms with Gasteiger partial charge >= 0.3 is 12.3 Å². The van der Waals surface area contributed by atoms with Gasteiger partial charge in [0.2, 0.25) is 5.91 Å². The molecule has 4 saturated heterocycles. The number of hydrogen-bond acceptors (Lipinski definition) is 31. The van der Waals surface area contributed by atoms with Gasteiger partial charge in [-0.15, -0.1) is 10.2 Å². The fourth-order valence-corrected chi connectivity index (χ4v) is 15.3. The third kappa shape index (κ3) is 22.7. The first kappa shape index (κ1) is 82.0. The molecule has 2 aromatic heterocycles. The predicted octanol–water partition coefficient (Wildman–Crippen LogP) is -0.817. The lowest BCUT2D eigenvalue weighted by Gasteiger charge is -2.48. The van der Waals surface area contributed by atoms with Crippen molar-refractivity contribution in [2.24, 2.45) is 29.6 Å². The molecule has 2 aromatic rings. The number of nitrogens with zero attached hydrogens (tertiary/aromatic N) is 6. The number of ketones is 1. The number of amides is 1. The molecule has 0 bridgehead atoms.